The molecule has 0 aliphatic carbocycles. The minimum Gasteiger partial charge on any atom is -0.463 e. The van der Waals surface area contributed by atoms with Gasteiger partial charge in [0.25, 0.3) is 0 Å². The molecule has 8 heteroatoms. The highest BCUT2D eigenvalue weighted by atomic mass is 16.5. The van der Waals surface area contributed by atoms with Gasteiger partial charge in [0.15, 0.2) is 0 Å². The Hall–Kier alpha value is -2.71. The number of hydrogen-bond acceptors (Lipinski definition) is 6. The van der Waals surface area contributed by atoms with E-state index in [1.807, 2.05) is 58.0 Å². The Kier molecular flexibility index (Phi) is 12.3. The van der Waals surface area contributed by atoms with Crippen molar-refractivity contribution in [3.05, 3.63) is 47.5 Å². The van der Waals surface area contributed by atoms with Crippen LogP contribution in [0.25, 0.3) is 0 Å². The zero-order valence-electron chi connectivity index (χ0n) is 23.5. The summed E-state index contributed by atoms with van der Waals surface area (Å²) in [5.74, 6) is -1.02. The molecule has 0 aromatic heterocycles. The second-order valence-electron chi connectivity index (χ2n) is 9.99. The van der Waals surface area contributed by atoms with Gasteiger partial charge < -0.3 is 25.0 Å². The number of nitrogens with zero attached hydrogens (tertiary/aromatic N) is 1. The maximum Gasteiger partial charge on any atom is 0.333 e. The quantitative estimate of drug-likeness (QED) is 0.317. The van der Waals surface area contributed by atoms with Crippen molar-refractivity contribution >= 4 is 17.8 Å². The van der Waals surface area contributed by atoms with Crippen LogP contribution in [0.15, 0.2) is 42.0 Å². The molecule has 36 heavy (non-hydrogen) atoms. The van der Waals surface area contributed by atoms with Gasteiger partial charge in [-0.1, -0.05) is 64.1 Å². The van der Waals surface area contributed by atoms with Crippen molar-refractivity contribution in [1.82, 2.24) is 15.5 Å². The van der Waals surface area contributed by atoms with E-state index in [2.05, 4.69) is 10.6 Å². The summed E-state index contributed by atoms with van der Waals surface area (Å²) in [6, 6.07) is 7.87. The summed E-state index contributed by atoms with van der Waals surface area (Å²) in [5, 5.41) is 6.06. The SMILES string of the molecule is CCOC(=O)/C(C)=C/[C@H](C(C)C)N(C)C(=O)[C@@H](NC(=O)[C@@H](NC)C(C)(C)c1ccccc1)[C@@H](C)OC. The van der Waals surface area contributed by atoms with Gasteiger partial charge in [-0.2, -0.15) is 0 Å². The monoisotopic (exact) mass is 503 g/mol. The van der Waals surface area contributed by atoms with E-state index in [-0.39, 0.29) is 30.4 Å². The van der Waals surface area contributed by atoms with E-state index >= 15 is 0 Å². The Balaban J connectivity index is 3.25. The van der Waals surface area contributed by atoms with E-state index in [9.17, 15) is 14.4 Å². The molecular formula is C28H45N3O5. The highest BCUT2D eigenvalue weighted by molar-refractivity contribution is 5.91. The second-order valence-corrected chi connectivity index (χ2v) is 9.99. The van der Waals surface area contributed by atoms with E-state index in [1.54, 1.807) is 45.8 Å². The molecule has 0 bridgehead atoms. The number of carbonyl (C=O) groups is 3. The molecule has 0 aliphatic heterocycles. The highest BCUT2D eigenvalue weighted by Gasteiger charge is 2.39. The topological polar surface area (TPSA) is 97.0 Å². The van der Waals surface area contributed by atoms with E-state index < -0.39 is 29.6 Å². The zero-order valence-corrected chi connectivity index (χ0v) is 23.5. The molecule has 2 amide bonds. The first kappa shape index (κ1) is 31.3. The lowest BCUT2D eigenvalue weighted by Gasteiger charge is -2.37. The molecule has 8 nitrogen and oxygen atoms in total. The largest absolute Gasteiger partial charge is 0.463 e. The summed E-state index contributed by atoms with van der Waals surface area (Å²) >= 11 is 0. The maximum atomic E-state index is 13.7. The Morgan fingerprint density at radius 3 is 2.17 bits per heavy atom. The second kappa shape index (κ2) is 14.1. The molecule has 202 valence electrons. The molecule has 0 radical (unpaired) electrons. The fraction of sp³-hybridized carbons (Fsp3) is 0.607. The van der Waals surface area contributed by atoms with Gasteiger partial charge in [0.1, 0.15) is 6.04 Å². The number of ether oxygens (including phenoxy) is 2. The third-order valence-electron chi connectivity index (χ3n) is 6.69. The van der Waals surface area contributed by atoms with Gasteiger partial charge in [-0.25, -0.2) is 4.79 Å². The predicted molar refractivity (Wildman–Crippen MR) is 143 cm³/mol. The fourth-order valence-electron chi connectivity index (χ4n) is 4.29. The number of amides is 2. The van der Waals surface area contributed by atoms with Gasteiger partial charge in [0.2, 0.25) is 11.8 Å². The Morgan fingerprint density at radius 2 is 1.69 bits per heavy atom. The molecule has 0 heterocycles. The average molecular weight is 504 g/mol. The molecule has 0 spiro atoms. The first-order valence-electron chi connectivity index (χ1n) is 12.5. The van der Waals surface area contributed by atoms with Crippen LogP contribution >= 0.6 is 0 Å². The number of rotatable bonds is 13. The van der Waals surface area contributed by atoms with Crippen LogP contribution < -0.4 is 10.6 Å². The van der Waals surface area contributed by atoms with Crippen molar-refractivity contribution in [2.24, 2.45) is 5.92 Å². The Bertz CT molecular complexity index is 898. The fourth-order valence-corrected chi connectivity index (χ4v) is 4.29. The number of esters is 1. The van der Waals surface area contributed by atoms with Gasteiger partial charge >= 0.3 is 5.97 Å². The van der Waals surface area contributed by atoms with Crippen LogP contribution in [-0.2, 0) is 29.3 Å². The molecular weight excluding hydrogens is 458 g/mol. The number of carbonyl (C=O) groups excluding carboxylic acids is 3. The van der Waals surface area contributed by atoms with Gasteiger partial charge in [-0.3, -0.25) is 9.59 Å². The first-order valence-corrected chi connectivity index (χ1v) is 12.5. The number of hydrogen-bond donors (Lipinski definition) is 2. The van der Waals surface area contributed by atoms with Crippen LogP contribution in [0.2, 0.25) is 0 Å². The highest BCUT2D eigenvalue weighted by Crippen LogP contribution is 2.27. The number of benzene rings is 1. The summed E-state index contributed by atoms with van der Waals surface area (Å²) in [4.78, 5) is 40.9. The van der Waals surface area contributed by atoms with Gasteiger partial charge in [0.05, 0.1) is 24.8 Å². The third-order valence-corrected chi connectivity index (χ3v) is 6.69. The summed E-state index contributed by atoms with van der Waals surface area (Å²) in [6.07, 6.45) is 1.16. The summed E-state index contributed by atoms with van der Waals surface area (Å²) in [6.45, 7) is 13.4. The van der Waals surface area contributed by atoms with Crippen LogP contribution in [0, 0.1) is 5.92 Å². The third kappa shape index (κ3) is 7.90. The van der Waals surface area contributed by atoms with E-state index in [0.717, 1.165) is 5.56 Å². The van der Waals surface area contributed by atoms with Crippen LogP contribution in [0.3, 0.4) is 0 Å². The molecule has 1 rings (SSSR count). The van der Waals surface area contributed by atoms with E-state index in [4.69, 9.17) is 9.47 Å². The van der Waals surface area contributed by atoms with Crippen LogP contribution in [0.5, 0.6) is 0 Å². The van der Waals surface area contributed by atoms with Gasteiger partial charge in [-0.15, -0.1) is 0 Å². The van der Waals surface area contributed by atoms with Crippen molar-refractivity contribution in [1.29, 1.82) is 0 Å². The molecule has 4 atom stereocenters. The molecule has 0 fully saturated rings. The van der Waals surface area contributed by atoms with Crippen molar-refractivity contribution in [3.63, 3.8) is 0 Å². The Labute approximate surface area is 216 Å². The van der Waals surface area contributed by atoms with Crippen molar-refractivity contribution in [2.45, 2.75) is 78.1 Å². The van der Waals surface area contributed by atoms with Crippen molar-refractivity contribution < 1.29 is 23.9 Å². The van der Waals surface area contributed by atoms with Crippen LogP contribution in [-0.4, -0.2) is 74.7 Å². The summed E-state index contributed by atoms with van der Waals surface area (Å²) < 4.78 is 10.6. The van der Waals surface area contributed by atoms with Crippen molar-refractivity contribution in [2.75, 3.05) is 27.8 Å². The molecule has 0 unspecified atom stereocenters. The average Bonchev–Trinajstić information content (AvgIpc) is 2.85. The lowest BCUT2D eigenvalue weighted by Crippen LogP contribution is -2.61. The minimum atomic E-state index is -0.924. The Morgan fingerprint density at radius 1 is 1.11 bits per heavy atom. The zero-order chi connectivity index (χ0) is 27.6. The number of methoxy groups -OCH3 is 1. The smallest absolute Gasteiger partial charge is 0.333 e. The van der Waals surface area contributed by atoms with Gasteiger partial charge in [-0.05, 0) is 39.3 Å². The molecule has 0 saturated heterocycles. The summed E-state index contributed by atoms with van der Waals surface area (Å²) in [5.41, 5.74) is 0.879. The number of nitrogens with one attached hydrogen (secondary N) is 2. The minimum absolute atomic E-state index is 0.0135. The molecule has 0 aliphatic rings. The lowest BCUT2D eigenvalue weighted by atomic mass is 9.77. The maximum absolute atomic E-state index is 13.7. The normalized spacial score (nSPS) is 15.6. The molecule has 1 aromatic carbocycles. The van der Waals surface area contributed by atoms with E-state index in [0.29, 0.717) is 5.57 Å². The molecule has 0 saturated carbocycles. The van der Waals surface area contributed by atoms with Crippen LogP contribution in [0.1, 0.15) is 54.0 Å². The van der Waals surface area contributed by atoms with Gasteiger partial charge in [0, 0.05) is 25.1 Å². The standard InChI is InChI=1S/C28H45N3O5/c1-11-36-27(34)19(4)17-22(18(2)3)31(9)26(33)23(20(5)35-10)30-25(32)24(29-8)28(6,7)21-15-13-12-14-16-21/h12-18,20,22-24,29H,11H2,1-10H3,(H,30,32)/b19-17+/t20-,22-,23+,24-/m1/s1. The lowest BCUT2D eigenvalue weighted by molar-refractivity contribution is -0.141. The molecule has 2 N–H and O–H groups in total. The van der Waals surface area contributed by atoms with Crippen LogP contribution in [0.4, 0.5) is 0 Å². The first-order chi connectivity index (χ1) is 16.8. The predicted octanol–water partition coefficient (Wildman–Crippen LogP) is 3.06. The summed E-state index contributed by atoms with van der Waals surface area (Å²) in [7, 11) is 4.91. The van der Waals surface area contributed by atoms with Crippen molar-refractivity contribution in [3.8, 4) is 0 Å². The number of likely N-dealkylation sites (N-methyl/N-ethyl adjacent to an activating group) is 2. The molecule has 1 aromatic rings. The van der Waals surface area contributed by atoms with E-state index in [1.165, 1.54) is 7.11 Å².